The summed E-state index contributed by atoms with van der Waals surface area (Å²) < 4.78 is 29.5. The molecule has 11 heavy (non-hydrogen) atoms. The van der Waals surface area contributed by atoms with Crippen LogP contribution in [0.25, 0.3) is 0 Å². The molecule has 0 saturated heterocycles. The first-order chi connectivity index (χ1) is 4.98. The third-order valence-electron chi connectivity index (χ3n) is 1.48. The van der Waals surface area contributed by atoms with E-state index in [1.807, 2.05) is 11.8 Å². The fourth-order valence-electron chi connectivity index (χ4n) is 0.647. The van der Waals surface area contributed by atoms with Gasteiger partial charge in [-0.05, 0) is 19.8 Å². The lowest BCUT2D eigenvalue weighted by Gasteiger charge is -2.04. The summed E-state index contributed by atoms with van der Waals surface area (Å²) in [6.45, 7) is 1.51. The molecule has 0 saturated carbocycles. The van der Waals surface area contributed by atoms with E-state index in [4.69, 9.17) is 4.55 Å². The lowest BCUT2D eigenvalue weighted by molar-refractivity contribution is 0.466. The predicted octanol–water partition coefficient (Wildman–Crippen LogP) is -0.0780. The highest BCUT2D eigenvalue weighted by molar-refractivity contribution is 7.86. The molecule has 1 unspecified atom stereocenters. The quantitative estimate of drug-likeness (QED) is 0.503. The Morgan fingerprint density at radius 1 is 1.64 bits per heavy atom. The average Bonchev–Trinajstić information content (AvgIpc) is 1.86. The highest BCUT2D eigenvalue weighted by atomic mass is 32.2. The van der Waals surface area contributed by atoms with Crippen LogP contribution >= 0.6 is 0 Å². The molecule has 0 aromatic rings. The summed E-state index contributed by atoms with van der Waals surface area (Å²) in [5.74, 6) is 0. The smallest absolute Gasteiger partial charge is 0.267 e. The molecule has 0 bridgehead atoms. The minimum absolute atomic E-state index is 0.498. The summed E-state index contributed by atoms with van der Waals surface area (Å²) in [4.78, 5) is 0. The molecule has 0 aromatic heterocycles. The van der Waals surface area contributed by atoms with Crippen molar-refractivity contribution >= 4 is 20.4 Å². The molecule has 0 spiro atoms. The zero-order valence-electron chi connectivity index (χ0n) is 6.82. The van der Waals surface area contributed by atoms with Crippen molar-refractivity contribution in [2.75, 3.05) is 0 Å². The van der Waals surface area contributed by atoms with Gasteiger partial charge in [0.1, 0.15) is 0 Å². The third-order valence-corrected chi connectivity index (χ3v) is 3.21. The summed E-state index contributed by atoms with van der Waals surface area (Å²) in [6, 6.07) is 0. The van der Waals surface area contributed by atoms with Gasteiger partial charge in [0.2, 0.25) is 0 Å². The molecule has 0 aliphatic carbocycles. The van der Waals surface area contributed by atoms with Crippen LogP contribution in [0, 0.1) is 0 Å². The number of allylic oxidation sites excluding steroid dienone is 1. The van der Waals surface area contributed by atoms with Gasteiger partial charge >= 0.3 is 0 Å². The Morgan fingerprint density at radius 2 is 2.18 bits per heavy atom. The maximum Gasteiger partial charge on any atom is 0.267 e. The molecule has 0 amide bonds. The Morgan fingerprint density at radius 3 is 2.55 bits per heavy atom. The van der Waals surface area contributed by atoms with Crippen LogP contribution in [0.1, 0.15) is 19.8 Å². The van der Waals surface area contributed by atoms with Crippen molar-refractivity contribution in [3.05, 3.63) is 11.8 Å². The van der Waals surface area contributed by atoms with Gasteiger partial charge < -0.3 is 0 Å². The van der Waals surface area contributed by atoms with Crippen molar-refractivity contribution in [3.8, 4) is 0 Å². The Balaban J connectivity index is 3.80. The average molecular weight is 194 g/mol. The van der Waals surface area contributed by atoms with E-state index in [1.165, 1.54) is 6.92 Å². The normalized spacial score (nSPS) is 15.8. The van der Waals surface area contributed by atoms with E-state index < -0.39 is 15.4 Å². The minimum Gasteiger partial charge on any atom is -0.285 e. The van der Waals surface area contributed by atoms with Gasteiger partial charge in [0.05, 0.1) is 5.25 Å². The molecule has 0 aromatic carbocycles. The van der Waals surface area contributed by atoms with Crippen LogP contribution in [-0.2, 0) is 10.1 Å². The highest BCUT2D eigenvalue weighted by Gasteiger charge is 2.15. The molecular formula is C6H14O3SSi. The second kappa shape index (κ2) is 4.69. The predicted molar refractivity (Wildman–Crippen MR) is 49.3 cm³/mol. The van der Waals surface area contributed by atoms with Gasteiger partial charge in [-0.2, -0.15) is 8.42 Å². The molecule has 66 valence electrons. The molecule has 0 aliphatic rings. The standard InChI is InChI=1S/C6H14O3SSi/c1-6(10(7,8)9)4-2-3-5-11/h3,5-6H,2,4H2,1,11H3,(H,7,8,9). The summed E-state index contributed by atoms with van der Waals surface area (Å²) >= 11 is 0. The van der Waals surface area contributed by atoms with Crippen LogP contribution in [0.5, 0.6) is 0 Å². The zero-order valence-corrected chi connectivity index (χ0v) is 9.63. The van der Waals surface area contributed by atoms with Crippen LogP contribution in [0.15, 0.2) is 11.8 Å². The molecule has 0 rings (SSSR count). The Bertz CT molecular complexity index is 220. The first-order valence-electron chi connectivity index (χ1n) is 3.56. The van der Waals surface area contributed by atoms with E-state index in [1.54, 1.807) is 0 Å². The highest BCUT2D eigenvalue weighted by Crippen LogP contribution is 2.05. The van der Waals surface area contributed by atoms with Crippen molar-refractivity contribution in [2.45, 2.75) is 25.0 Å². The lowest BCUT2D eigenvalue weighted by atomic mass is 10.2. The topological polar surface area (TPSA) is 54.4 Å². The van der Waals surface area contributed by atoms with Crippen LogP contribution < -0.4 is 0 Å². The third kappa shape index (κ3) is 5.17. The largest absolute Gasteiger partial charge is 0.285 e. The van der Waals surface area contributed by atoms with Crippen LogP contribution in [0.2, 0.25) is 0 Å². The molecule has 5 heteroatoms. The van der Waals surface area contributed by atoms with E-state index in [0.717, 1.165) is 16.7 Å². The number of hydrogen-bond acceptors (Lipinski definition) is 2. The Labute approximate surface area is 70.7 Å². The summed E-state index contributed by atoms with van der Waals surface area (Å²) in [7, 11) is -2.81. The first-order valence-corrected chi connectivity index (χ1v) is 6.21. The van der Waals surface area contributed by atoms with Gasteiger partial charge in [0, 0.05) is 10.2 Å². The van der Waals surface area contributed by atoms with Gasteiger partial charge in [-0.3, -0.25) is 4.55 Å². The molecule has 0 fully saturated rings. The molecule has 0 aliphatic heterocycles. The van der Waals surface area contributed by atoms with Crippen LogP contribution in [0.3, 0.4) is 0 Å². The SMILES string of the molecule is CC(CCC=C[SiH3])S(=O)(=O)O. The van der Waals surface area contributed by atoms with Crippen molar-refractivity contribution in [2.24, 2.45) is 0 Å². The van der Waals surface area contributed by atoms with Gasteiger partial charge in [-0.25, -0.2) is 0 Å². The van der Waals surface area contributed by atoms with E-state index in [9.17, 15) is 8.42 Å². The molecule has 0 heterocycles. The minimum atomic E-state index is -3.81. The lowest BCUT2D eigenvalue weighted by Crippen LogP contribution is -2.15. The van der Waals surface area contributed by atoms with Gasteiger partial charge in [-0.15, -0.1) is 5.70 Å². The van der Waals surface area contributed by atoms with E-state index >= 15 is 0 Å². The second-order valence-electron chi connectivity index (χ2n) is 2.47. The van der Waals surface area contributed by atoms with E-state index in [-0.39, 0.29) is 0 Å². The Hall–Kier alpha value is -0.133. The van der Waals surface area contributed by atoms with Crippen LogP contribution in [0.4, 0.5) is 0 Å². The van der Waals surface area contributed by atoms with E-state index in [0.29, 0.717) is 6.42 Å². The van der Waals surface area contributed by atoms with Crippen molar-refractivity contribution in [1.29, 1.82) is 0 Å². The van der Waals surface area contributed by atoms with Crippen LogP contribution in [-0.4, -0.2) is 28.5 Å². The van der Waals surface area contributed by atoms with E-state index in [2.05, 4.69) is 0 Å². The summed E-state index contributed by atoms with van der Waals surface area (Å²) in [5.41, 5.74) is 2.00. The summed E-state index contributed by atoms with van der Waals surface area (Å²) in [5, 5.41) is -0.639. The number of rotatable bonds is 4. The maximum absolute atomic E-state index is 10.5. The van der Waals surface area contributed by atoms with Crippen molar-refractivity contribution < 1.29 is 13.0 Å². The molecule has 1 atom stereocenters. The van der Waals surface area contributed by atoms with Gasteiger partial charge in [0.15, 0.2) is 0 Å². The molecule has 3 nitrogen and oxygen atoms in total. The molecule has 0 radical (unpaired) electrons. The maximum atomic E-state index is 10.5. The fourth-order valence-corrected chi connectivity index (χ4v) is 1.41. The van der Waals surface area contributed by atoms with Gasteiger partial charge in [0.25, 0.3) is 10.1 Å². The van der Waals surface area contributed by atoms with Crippen molar-refractivity contribution in [1.82, 2.24) is 0 Å². The second-order valence-corrected chi connectivity index (χ2v) is 4.97. The van der Waals surface area contributed by atoms with Crippen molar-refractivity contribution in [3.63, 3.8) is 0 Å². The Kier molecular flexibility index (Phi) is 4.63. The monoisotopic (exact) mass is 194 g/mol. The summed E-state index contributed by atoms with van der Waals surface area (Å²) in [6.07, 6.45) is 3.16. The number of hydrogen-bond donors (Lipinski definition) is 1. The molecule has 1 N–H and O–H groups in total. The molecular weight excluding hydrogens is 180 g/mol. The fraction of sp³-hybridized carbons (Fsp3) is 0.667. The van der Waals surface area contributed by atoms with Gasteiger partial charge in [-0.1, -0.05) is 6.08 Å². The zero-order chi connectivity index (χ0) is 8.91. The first kappa shape index (κ1) is 10.9.